The second-order valence-corrected chi connectivity index (χ2v) is 4.88. The summed E-state index contributed by atoms with van der Waals surface area (Å²) < 4.78 is 44.6. The maximum Gasteiger partial charge on any atom is 0.446 e. The Bertz CT molecular complexity index is 70.9. The quantitative estimate of drug-likeness (QED) is 0.282. The van der Waals surface area contributed by atoms with Crippen LogP contribution >= 0.6 is 29.5 Å². The zero-order valence-electron chi connectivity index (χ0n) is 3.31. The largest absolute Gasteiger partial charge is 0.446 e. The minimum Gasteiger partial charge on any atom is -0.204 e. The number of halogens is 4. The maximum atomic E-state index is 11.5. The molecular formula is CHF4PS2. The van der Waals surface area contributed by atoms with Gasteiger partial charge < -0.3 is 0 Å². The van der Waals surface area contributed by atoms with Crippen LogP contribution in [0.15, 0.2) is 0 Å². The van der Waals surface area contributed by atoms with E-state index in [0.29, 0.717) is 0 Å². The molecule has 1 unspecified atom stereocenters. The van der Waals surface area contributed by atoms with Gasteiger partial charge in [0.05, 0.1) is 0 Å². The fourth-order valence-corrected chi connectivity index (χ4v) is 1.25. The van der Waals surface area contributed by atoms with Crippen LogP contribution in [-0.2, 0) is 0 Å². The second-order valence-electron chi connectivity index (χ2n) is 0.794. The standard InChI is InChI=1S/CHF4PS2/c2-1(3,4)6(5)8-7/h7H. The molecule has 0 fully saturated rings. The van der Waals surface area contributed by atoms with E-state index >= 15 is 0 Å². The first kappa shape index (κ1) is 8.85. The van der Waals surface area contributed by atoms with Gasteiger partial charge in [-0.25, -0.2) is 4.20 Å². The summed E-state index contributed by atoms with van der Waals surface area (Å²) in [5.74, 6) is -4.71. The number of hydrogen-bond acceptors (Lipinski definition) is 2. The zero-order valence-corrected chi connectivity index (χ0v) is 5.92. The Morgan fingerprint density at radius 1 is 1.38 bits per heavy atom. The molecule has 0 radical (unpaired) electrons. The van der Waals surface area contributed by atoms with E-state index in [4.69, 9.17) is 0 Å². The van der Waals surface area contributed by atoms with Gasteiger partial charge in [-0.15, -0.1) is 11.7 Å². The molecule has 0 nitrogen and oxygen atoms in total. The Labute approximate surface area is 53.5 Å². The van der Waals surface area contributed by atoms with Gasteiger partial charge in [-0.1, -0.05) is 0 Å². The number of rotatable bonds is 1. The van der Waals surface area contributed by atoms with Crippen molar-refractivity contribution < 1.29 is 17.4 Å². The molecule has 1 atom stereocenters. The third-order valence-electron chi connectivity index (χ3n) is 0.271. The molecular weight excluding hydrogens is 183 g/mol. The van der Waals surface area contributed by atoms with Gasteiger partial charge >= 0.3 is 5.92 Å². The molecule has 0 aliphatic carbocycles. The molecule has 0 aromatic rings. The van der Waals surface area contributed by atoms with Crippen LogP contribution in [0, 0.1) is 0 Å². The van der Waals surface area contributed by atoms with Gasteiger partial charge in [-0.3, -0.25) is 0 Å². The van der Waals surface area contributed by atoms with E-state index in [9.17, 15) is 17.4 Å². The lowest BCUT2D eigenvalue weighted by molar-refractivity contribution is -0.0416. The summed E-state index contributed by atoms with van der Waals surface area (Å²) >= 11 is 3.06. The monoisotopic (exact) mass is 184 g/mol. The Morgan fingerprint density at radius 2 is 1.75 bits per heavy atom. The van der Waals surface area contributed by atoms with Crippen molar-refractivity contribution in [3.05, 3.63) is 0 Å². The fourth-order valence-electron chi connectivity index (χ4n) is 0.0463. The normalized spacial score (nSPS) is 16.1. The number of hydrogen-bond donors (Lipinski definition) is 1. The molecule has 0 N–H and O–H groups in total. The average Bonchev–Trinajstić information content (AvgIpc) is 1.62. The molecule has 8 heavy (non-hydrogen) atoms. The summed E-state index contributed by atoms with van der Waals surface area (Å²) in [6, 6.07) is 0. The van der Waals surface area contributed by atoms with E-state index in [1.54, 1.807) is 0 Å². The van der Waals surface area contributed by atoms with Crippen LogP contribution in [0.5, 0.6) is 0 Å². The smallest absolute Gasteiger partial charge is 0.204 e. The molecule has 7 heteroatoms. The topological polar surface area (TPSA) is 0 Å². The minimum atomic E-state index is -4.71. The average molecular weight is 184 g/mol. The zero-order chi connectivity index (χ0) is 6.78. The van der Waals surface area contributed by atoms with E-state index in [1.807, 2.05) is 0 Å². The third-order valence-corrected chi connectivity index (χ3v) is 3.15. The molecule has 50 valence electrons. The fraction of sp³-hybridized carbons (Fsp3) is 1.00. The molecule has 0 aromatic carbocycles. The van der Waals surface area contributed by atoms with Crippen molar-refractivity contribution >= 4 is 29.5 Å². The summed E-state index contributed by atoms with van der Waals surface area (Å²) in [4.78, 5) is 0. The van der Waals surface area contributed by atoms with Crippen molar-refractivity contribution in [2.45, 2.75) is 5.92 Å². The highest BCUT2D eigenvalue weighted by atomic mass is 33.3. The second kappa shape index (κ2) is 3.13. The molecule has 0 rings (SSSR count). The Morgan fingerprint density at radius 3 is 1.75 bits per heavy atom. The Balaban J connectivity index is 3.62. The highest BCUT2D eigenvalue weighted by Gasteiger charge is 2.41. The van der Waals surface area contributed by atoms with Crippen molar-refractivity contribution in [1.82, 2.24) is 0 Å². The lowest BCUT2D eigenvalue weighted by atomic mass is 11.6. The van der Waals surface area contributed by atoms with Crippen molar-refractivity contribution in [1.29, 1.82) is 0 Å². The van der Waals surface area contributed by atoms with Crippen LogP contribution in [0.4, 0.5) is 17.4 Å². The summed E-state index contributed by atoms with van der Waals surface area (Å²) in [5.41, 5.74) is 0. The van der Waals surface area contributed by atoms with E-state index in [2.05, 4.69) is 11.7 Å². The minimum absolute atomic E-state index is 0.101. The number of alkyl halides is 3. The van der Waals surface area contributed by atoms with Gasteiger partial charge in [0.2, 0.25) is 0 Å². The summed E-state index contributed by atoms with van der Waals surface area (Å²) in [6.07, 6.45) is 0. The van der Waals surface area contributed by atoms with Gasteiger partial charge in [0.25, 0.3) is 7.43 Å². The molecule has 0 aliphatic heterocycles. The van der Waals surface area contributed by atoms with Gasteiger partial charge in [0, 0.05) is 0 Å². The summed E-state index contributed by atoms with van der Waals surface area (Å²) in [7, 11) is -3.54. The Hall–Kier alpha value is 0.850. The van der Waals surface area contributed by atoms with Crippen molar-refractivity contribution in [3.63, 3.8) is 0 Å². The van der Waals surface area contributed by atoms with Crippen LogP contribution in [-0.4, -0.2) is 5.92 Å². The van der Waals surface area contributed by atoms with E-state index in [-0.39, 0.29) is 10.4 Å². The van der Waals surface area contributed by atoms with Gasteiger partial charge in [0.15, 0.2) is 0 Å². The van der Waals surface area contributed by atoms with E-state index in [0.717, 1.165) is 0 Å². The van der Waals surface area contributed by atoms with Gasteiger partial charge in [0.1, 0.15) is 0 Å². The van der Waals surface area contributed by atoms with Gasteiger partial charge in [-0.2, -0.15) is 13.2 Å². The predicted octanol–water partition coefficient (Wildman–Crippen LogP) is 3.37. The lowest BCUT2D eigenvalue weighted by Gasteiger charge is -2.05. The van der Waals surface area contributed by atoms with E-state index < -0.39 is 13.4 Å². The predicted molar refractivity (Wildman–Crippen MR) is 30.7 cm³/mol. The van der Waals surface area contributed by atoms with Crippen LogP contribution in [0.1, 0.15) is 0 Å². The highest BCUT2D eigenvalue weighted by Crippen LogP contribution is 2.65. The van der Waals surface area contributed by atoms with Crippen molar-refractivity contribution in [2.75, 3.05) is 0 Å². The first-order valence-electron chi connectivity index (χ1n) is 1.32. The first-order valence-corrected chi connectivity index (χ1v) is 5.03. The maximum absolute atomic E-state index is 11.5. The van der Waals surface area contributed by atoms with Crippen molar-refractivity contribution in [3.8, 4) is 0 Å². The summed E-state index contributed by atoms with van der Waals surface area (Å²) in [5, 5.41) is 0. The molecule has 0 saturated carbocycles. The molecule has 0 aromatic heterocycles. The van der Waals surface area contributed by atoms with Gasteiger partial charge in [-0.05, 0) is 10.4 Å². The highest BCUT2D eigenvalue weighted by molar-refractivity contribution is 8.93. The van der Waals surface area contributed by atoms with Crippen LogP contribution in [0.3, 0.4) is 0 Å². The Kier molecular flexibility index (Phi) is 3.46. The first-order chi connectivity index (χ1) is 3.48. The summed E-state index contributed by atoms with van der Waals surface area (Å²) in [6.45, 7) is 0. The van der Waals surface area contributed by atoms with Crippen LogP contribution in [0.2, 0.25) is 0 Å². The molecule has 0 aliphatic rings. The van der Waals surface area contributed by atoms with Crippen molar-refractivity contribution in [2.24, 2.45) is 0 Å². The third kappa shape index (κ3) is 2.99. The molecule has 0 heterocycles. The lowest BCUT2D eigenvalue weighted by Crippen LogP contribution is -1.97. The number of thiol groups is 1. The SMILES string of the molecule is FP(SS)C(F)(F)F. The van der Waals surface area contributed by atoms with E-state index in [1.165, 1.54) is 0 Å². The molecule has 0 saturated heterocycles. The molecule has 0 spiro atoms. The van der Waals surface area contributed by atoms with Crippen LogP contribution in [0.25, 0.3) is 0 Å². The molecule has 0 bridgehead atoms. The molecule has 0 amide bonds. The van der Waals surface area contributed by atoms with Crippen LogP contribution < -0.4 is 0 Å².